The molecule has 90 valence electrons. The zero-order valence-electron chi connectivity index (χ0n) is 8.31. The second kappa shape index (κ2) is 5.65. The van der Waals surface area contributed by atoms with Crippen molar-refractivity contribution >= 4 is 60.5 Å². The predicted molar refractivity (Wildman–Crippen MR) is 76.3 cm³/mol. The van der Waals surface area contributed by atoms with Crippen LogP contribution in [-0.4, -0.2) is 4.98 Å². The van der Waals surface area contributed by atoms with Crippen molar-refractivity contribution in [3.8, 4) is 0 Å². The molecule has 0 saturated carbocycles. The van der Waals surface area contributed by atoms with Crippen LogP contribution in [-0.2, 0) is 6.54 Å². The number of benzene rings is 1. The maximum atomic E-state index is 13.1. The monoisotopic (exact) mass is 398 g/mol. The van der Waals surface area contributed by atoms with Gasteiger partial charge in [-0.15, -0.1) is 11.3 Å². The summed E-state index contributed by atoms with van der Waals surface area (Å²) in [6.07, 6.45) is 1.71. The molecule has 0 unspecified atom stereocenters. The van der Waals surface area contributed by atoms with E-state index < -0.39 is 0 Å². The normalized spacial score (nSPS) is 10.6. The van der Waals surface area contributed by atoms with Crippen molar-refractivity contribution in [3.05, 3.63) is 42.4 Å². The maximum Gasteiger partial charge on any atom is 0.183 e. The Morgan fingerprint density at radius 2 is 2.00 bits per heavy atom. The summed E-state index contributed by atoms with van der Waals surface area (Å²) in [6.45, 7) is 0.590. The summed E-state index contributed by atoms with van der Waals surface area (Å²) < 4.78 is 14.9. The molecule has 17 heavy (non-hydrogen) atoms. The Bertz CT molecular complexity index is 524. The van der Waals surface area contributed by atoms with Crippen molar-refractivity contribution < 1.29 is 4.39 Å². The lowest BCUT2D eigenvalue weighted by atomic mass is 10.3. The molecule has 2 aromatic rings. The molecular formula is C10H6Br2ClFN2S. The molecule has 0 aliphatic heterocycles. The Morgan fingerprint density at radius 1 is 1.35 bits per heavy atom. The zero-order chi connectivity index (χ0) is 12.4. The van der Waals surface area contributed by atoms with Crippen LogP contribution in [0.5, 0.6) is 0 Å². The van der Waals surface area contributed by atoms with E-state index in [0.29, 0.717) is 20.0 Å². The predicted octanol–water partition coefficient (Wildman–Crippen LogP) is 5.07. The minimum atomic E-state index is -0.296. The molecule has 7 heteroatoms. The van der Waals surface area contributed by atoms with Crippen LogP contribution in [0.2, 0.25) is 4.47 Å². The van der Waals surface area contributed by atoms with Gasteiger partial charge in [0.25, 0.3) is 0 Å². The third kappa shape index (κ3) is 3.40. The van der Waals surface area contributed by atoms with E-state index in [0.717, 1.165) is 10.6 Å². The number of aromatic nitrogens is 1. The van der Waals surface area contributed by atoms with Gasteiger partial charge in [0.05, 0.1) is 12.2 Å². The van der Waals surface area contributed by atoms with Crippen LogP contribution in [0.3, 0.4) is 0 Å². The first kappa shape index (κ1) is 13.3. The highest BCUT2D eigenvalue weighted by molar-refractivity contribution is 9.11. The van der Waals surface area contributed by atoms with E-state index in [1.165, 1.54) is 23.5 Å². The van der Waals surface area contributed by atoms with Crippen molar-refractivity contribution in [2.24, 2.45) is 0 Å². The molecule has 1 N–H and O–H groups in total. The maximum absolute atomic E-state index is 13.1. The minimum Gasteiger partial charge on any atom is -0.378 e. The highest BCUT2D eigenvalue weighted by Crippen LogP contribution is 2.32. The molecule has 2 rings (SSSR count). The Labute approximate surface area is 123 Å². The Kier molecular flexibility index (Phi) is 4.41. The van der Waals surface area contributed by atoms with Crippen molar-refractivity contribution in [1.82, 2.24) is 4.98 Å². The molecular weight excluding hydrogens is 394 g/mol. The van der Waals surface area contributed by atoms with Crippen molar-refractivity contribution in [2.75, 3.05) is 5.32 Å². The topological polar surface area (TPSA) is 24.9 Å². The largest absolute Gasteiger partial charge is 0.378 e. The average molecular weight is 400 g/mol. The second-order valence-electron chi connectivity index (χ2n) is 3.18. The van der Waals surface area contributed by atoms with Crippen LogP contribution in [0.25, 0.3) is 0 Å². The van der Waals surface area contributed by atoms with Crippen LogP contribution in [0.4, 0.5) is 10.1 Å². The SMILES string of the molecule is Fc1cc(Br)c(NCc2cnc(Cl)s2)c(Br)c1. The zero-order valence-corrected chi connectivity index (χ0v) is 13.1. The number of hydrogen-bond donors (Lipinski definition) is 1. The molecule has 0 fully saturated rings. The molecule has 0 atom stereocenters. The number of thiazole rings is 1. The second-order valence-corrected chi connectivity index (χ2v) is 6.58. The Balaban J connectivity index is 2.14. The van der Waals surface area contributed by atoms with Crippen molar-refractivity contribution in [3.63, 3.8) is 0 Å². The number of rotatable bonds is 3. The number of halogens is 4. The van der Waals surface area contributed by atoms with E-state index in [1.807, 2.05) is 0 Å². The quantitative estimate of drug-likeness (QED) is 0.778. The van der Waals surface area contributed by atoms with E-state index in [1.54, 1.807) is 6.20 Å². The molecule has 0 radical (unpaired) electrons. The smallest absolute Gasteiger partial charge is 0.183 e. The molecule has 1 aromatic heterocycles. The first-order valence-corrected chi connectivity index (χ1v) is 7.33. The van der Waals surface area contributed by atoms with Gasteiger partial charge in [0, 0.05) is 20.0 Å². The van der Waals surface area contributed by atoms with Gasteiger partial charge in [0.1, 0.15) is 5.82 Å². The lowest BCUT2D eigenvalue weighted by Crippen LogP contribution is -1.99. The summed E-state index contributed by atoms with van der Waals surface area (Å²) in [4.78, 5) is 4.96. The molecule has 0 aliphatic rings. The molecule has 0 spiro atoms. The standard InChI is InChI=1S/C10H6Br2ClFN2S/c11-7-1-5(14)2-8(12)9(7)15-3-6-4-16-10(13)17-6/h1-2,4,15H,3H2. The van der Waals surface area contributed by atoms with Gasteiger partial charge in [-0.05, 0) is 44.0 Å². The van der Waals surface area contributed by atoms with Crippen LogP contribution in [0.1, 0.15) is 4.88 Å². The van der Waals surface area contributed by atoms with Crippen molar-refractivity contribution in [2.45, 2.75) is 6.54 Å². The molecule has 0 aliphatic carbocycles. The van der Waals surface area contributed by atoms with E-state index in [2.05, 4.69) is 42.2 Å². The van der Waals surface area contributed by atoms with Crippen LogP contribution in [0, 0.1) is 5.82 Å². The fraction of sp³-hybridized carbons (Fsp3) is 0.100. The fourth-order valence-corrected chi connectivity index (χ4v) is 3.58. The first-order valence-electron chi connectivity index (χ1n) is 4.55. The summed E-state index contributed by atoms with van der Waals surface area (Å²) in [5, 5.41) is 3.19. The van der Waals surface area contributed by atoms with Gasteiger partial charge < -0.3 is 5.32 Å². The van der Waals surface area contributed by atoms with Crippen LogP contribution < -0.4 is 5.32 Å². The van der Waals surface area contributed by atoms with E-state index in [4.69, 9.17) is 11.6 Å². The summed E-state index contributed by atoms with van der Waals surface area (Å²) >= 11 is 13.8. The number of hydrogen-bond acceptors (Lipinski definition) is 3. The van der Waals surface area contributed by atoms with Gasteiger partial charge in [-0.25, -0.2) is 9.37 Å². The lowest BCUT2D eigenvalue weighted by Gasteiger charge is -2.09. The van der Waals surface area contributed by atoms with Gasteiger partial charge in [0.15, 0.2) is 4.47 Å². The third-order valence-electron chi connectivity index (χ3n) is 1.97. The third-order valence-corrected chi connectivity index (χ3v) is 4.34. The highest BCUT2D eigenvalue weighted by Gasteiger charge is 2.08. The molecule has 1 aromatic carbocycles. The van der Waals surface area contributed by atoms with Gasteiger partial charge in [0.2, 0.25) is 0 Å². The Hall–Kier alpha value is -0.170. The van der Waals surface area contributed by atoms with Gasteiger partial charge in [-0.1, -0.05) is 11.6 Å². The molecule has 2 nitrogen and oxygen atoms in total. The number of nitrogens with zero attached hydrogens (tertiary/aromatic N) is 1. The fourth-order valence-electron chi connectivity index (χ4n) is 1.25. The van der Waals surface area contributed by atoms with Crippen LogP contribution >= 0.6 is 54.8 Å². The number of nitrogens with one attached hydrogen (secondary N) is 1. The number of anilines is 1. The summed E-state index contributed by atoms with van der Waals surface area (Å²) in [7, 11) is 0. The lowest BCUT2D eigenvalue weighted by molar-refractivity contribution is 0.626. The van der Waals surface area contributed by atoms with Crippen LogP contribution in [0.15, 0.2) is 27.3 Å². The molecule has 0 amide bonds. The summed E-state index contributed by atoms with van der Waals surface area (Å²) in [6, 6.07) is 2.82. The van der Waals surface area contributed by atoms with Gasteiger partial charge in [-0.3, -0.25) is 0 Å². The minimum absolute atomic E-state index is 0.296. The average Bonchev–Trinajstić information content (AvgIpc) is 2.62. The van der Waals surface area contributed by atoms with Gasteiger partial charge in [-0.2, -0.15) is 0 Å². The highest BCUT2D eigenvalue weighted by atomic mass is 79.9. The molecule has 1 heterocycles. The van der Waals surface area contributed by atoms with E-state index in [9.17, 15) is 4.39 Å². The Morgan fingerprint density at radius 3 is 2.53 bits per heavy atom. The van der Waals surface area contributed by atoms with Crippen molar-refractivity contribution in [1.29, 1.82) is 0 Å². The summed E-state index contributed by atoms with van der Waals surface area (Å²) in [5.41, 5.74) is 0.802. The molecule has 0 saturated heterocycles. The van der Waals surface area contributed by atoms with E-state index >= 15 is 0 Å². The van der Waals surface area contributed by atoms with E-state index in [-0.39, 0.29) is 5.82 Å². The summed E-state index contributed by atoms with van der Waals surface area (Å²) in [5.74, 6) is -0.296. The molecule has 0 bridgehead atoms. The first-order chi connectivity index (χ1) is 8.06. The van der Waals surface area contributed by atoms with Gasteiger partial charge >= 0.3 is 0 Å².